The van der Waals surface area contributed by atoms with Crippen LogP contribution >= 0.6 is 0 Å². The number of fused-ring (bicyclic) bond motifs is 1. The summed E-state index contributed by atoms with van der Waals surface area (Å²) in [7, 11) is -0.466. The summed E-state index contributed by atoms with van der Waals surface area (Å²) >= 11 is 0. The van der Waals surface area contributed by atoms with E-state index in [-0.39, 0.29) is 5.91 Å². The minimum atomic E-state index is -0.466. The summed E-state index contributed by atoms with van der Waals surface area (Å²) in [6, 6.07) is 21.6. The molecule has 3 aromatic rings. The third kappa shape index (κ3) is 3.68. The first-order valence-corrected chi connectivity index (χ1v) is 9.98. The second-order valence-electron chi connectivity index (χ2n) is 8.50. The molecule has 1 N–H and O–H groups in total. The summed E-state index contributed by atoms with van der Waals surface area (Å²) in [5, 5.41) is 4.89. The van der Waals surface area contributed by atoms with Crippen LogP contribution in [-0.4, -0.2) is 24.2 Å². The van der Waals surface area contributed by atoms with Crippen LogP contribution in [0.2, 0.25) is 0 Å². The topological polar surface area (TPSA) is 47.6 Å². The Balaban J connectivity index is 1.65. The van der Waals surface area contributed by atoms with Crippen LogP contribution in [-0.2, 0) is 15.9 Å². The number of nitrogens with one attached hydrogen (secondary N) is 1. The molecule has 1 saturated heterocycles. The Labute approximate surface area is 172 Å². The fourth-order valence-electron chi connectivity index (χ4n) is 3.57. The SMILES string of the molecule is CC1(C)OB(c2ccc(C(=O)NCc3ccccc3)c3ccccc23)OC1(C)C. The quantitative estimate of drug-likeness (QED) is 0.687. The Hall–Kier alpha value is -2.63. The van der Waals surface area contributed by atoms with Crippen molar-refractivity contribution in [2.24, 2.45) is 0 Å². The van der Waals surface area contributed by atoms with Crippen molar-refractivity contribution in [1.82, 2.24) is 5.32 Å². The summed E-state index contributed by atoms with van der Waals surface area (Å²) in [6.45, 7) is 8.66. The molecule has 1 aliphatic heterocycles. The van der Waals surface area contributed by atoms with E-state index >= 15 is 0 Å². The van der Waals surface area contributed by atoms with Gasteiger partial charge in [0.15, 0.2) is 0 Å². The van der Waals surface area contributed by atoms with Crippen molar-refractivity contribution in [3.63, 3.8) is 0 Å². The highest BCUT2D eigenvalue weighted by atomic mass is 16.7. The summed E-state index contributed by atoms with van der Waals surface area (Å²) < 4.78 is 12.5. The summed E-state index contributed by atoms with van der Waals surface area (Å²) in [5.74, 6) is -0.0921. The van der Waals surface area contributed by atoms with E-state index < -0.39 is 18.3 Å². The third-order valence-corrected chi connectivity index (χ3v) is 6.01. The maximum atomic E-state index is 12.9. The van der Waals surface area contributed by atoms with E-state index in [2.05, 4.69) is 5.32 Å². The normalized spacial score (nSPS) is 17.4. The van der Waals surface area contributed by atoms with Crippen molar-refractivity contribution < 1.29 is 14.1 Å². The zero-order chi connectivity index (χ0) is 20.6. The largest absolute Gasteiger partial charge is 0.495 e. The van der Waals surface area contributed by atoms with Gasteiger partial charge in [-0.1, -0.05) is 60.7 Å². The lowest BCUT2D eigenvalue weighted by atomic mass is 9.75. The molecule has 0 aliphatic carbocycles. The predicted molar refractivity (Wildman–Crippen MR) is 117 cm³/mol. The molecule has 0 atom stereocenters. The van der Waals surface area contributed by atoms with Crippen molar-refractivity contribution in [3.8, 4) is 0 Å². The molecule has 0 bridgehead atoms. The number of carbonyl (C=O) groups excluding carboxylic acids is 1. The van der Waals surface area contributed by atoms with Crippen LogP contribution in [0.3, 0.4) is 0 Å². The molecule has 1 amide bonds. The van der Waals surface area contributed by atoms with E-state index in [0.717, 1.165) is 21.8 Å². The van der Waals surface area contributed by atoms with Gasteiger partial charge in [0.1, 0.15) is 0 Å². The average molecular weight is 387 g/mol. The summed E-state index contributed by atoms with van der Waals surface area (Å²) in [6.07, 6.45) is 0. The van der Waals surface area contributed by atoms with Crippen molar-refractivity contribution in [1.29, 1.82) is 0 Å². The highest BCUT2D eigenvalue weighted by molar-refractivity contribution is 6.65. The molecule has 1 heterocycles. The van der Waals surface area contributed by atoms with Gasteiger partial charge in [0.05, 0.1) is 11.2 Å². The van der Waals surface area contributed by atoms with E-state index in [1.807, 2.05) is 94.4 Å². The highest BCUT2D eigenvalue weighted by Gasteiger charge is 2.52. The predicted octanol–water partition coefficient (Wildman–Crippen LogP) is 4.07. The van der Waals surface area contributed by atoms with Crippen LogP contribution in [0.1, 0.15) is 43.6 Å². The smallest absolute Gasteiger partial charge is 0.399 e. The van der Waals surface area contributed by atoms with Crippen molar-refractivity contribution in [2.75, 3.05) is 0 Å². The molecule has 29 heavy (non-hydrogen) atoms. The number of hydrogen-bond acceptors (Lipinski definition) is 3. The molecular formula is C24H26BNO3. The second-order valence-corrected chi connectivity index (χ2v) is 8.50. The summed E-state index contributed by atoms with van der Waals surface area (Å²) in [5.41, 5.74) is 1.84. The van der Waals surface area contributed by atoms with Crippen molar-refractivity contribution in [3.05, 3.63) is 77.9 Å². The van der Waals surface area contributed by atoms with Crippen LogP contribution in [0, 0.1) is 0 Å². The average Bonchev–Trinajstić information content (AvgIpc) is 2.93. The Morgan fingerprint density at radius 3 is 2.07 bits per heavy atom. The number of benzene rings is 3. The molecule has 4 nitrogen and oxygen atoms in total. The Kier molecular flexibility index (Phi) is 4.97. The molecule has 5 heteroatoms. The van der Waals surface area contributed by atoms with Crippen molar-refractivity contribution >= 4 is 29.3 Å². The first kappa shape index (κ1) is 19.7. The Bertz CT molecular complexity index is 1030. The van der Waals surface area contributed by atoms with Crippen LogP contribution in [0.15, 0.2) is 66.7 Å². The van der Waals surface area contributed by atoms with Gasteiger partial charge in [-0.25, -0.2) is 0 Å². The molecular weight excluding hydrogens is 361 g/mol. The molecule has 3 aromatic carbocycles. The first-order chi connectivity index (χ1) is 13.8. The van der Waals surface area contributed by atoms with E-state index in [1.54, 1.807) is 0 Å². The van der Waals surface area contributed by atoms with E-state index in [4.69, 9.17) is 9.31 Å². The van der Waals surface area contributed by atoms with Gasteiger partial charge in [0.2, 0.25) is 0 Å². The van der Waals surface area contributed by atoms with Gasteiger partial charge in [-0.15, -0.1) is 0 Å². The third-order valence-electron chi connectivity index (χ3n) is 6.01. The Morgan fingerprint density at radius 1 is 0.828 bits per heavy atom. The van der Waals surface area contributed by atoms with Gasteiger partial charge >= 0.3 is 7.12 Å². The van der Waals surface area contributed by atoms with Gasteiger partial charge in [-0.2, -0.15) is 0 Å². The van der Waals surface area contributed by atoms with Gasteiger partial charge < -0.3 is 14.6 Å². The number of hydrogen-bond donors (Lipinski definition) is 1. The van der Waals surface area contributed by atoms with Gasteiger partial charge in [0, 0.05) is 12.1 Å². The lowest BCUT2D eigenvalue weighted by molar-refractivity contribution is 0.00578. The van der Waals surface area contributed by atoms with Crippen LogP contribution in [0.5, 0.6) is 0 Å². The minimum absolute atomic E-state index is 0.0921. The monoisotopic (exact) mass is 387 g/mol. The van der Waals surface area contributed by atoms with Crippen LogP contribution < -0.4 is 10.8 Å². The van der Waals surface area contributed by atoms with Gasteiger partial charge in [-0.05, 0) is 55.6 Å². The molecule has 0 unspecified atom stereocenters. The molecule has 0 aromatic heterocycles. The molecule has 1 fully saturated rings. The van der Waals surface area contributed by atoms with Crippen molar-refractivity contribution in [2.45, 2.75) is 45.4 Å². The van der Waals surface area contributed by atoms with E-state index in [0.29, 0.717) is 12.1 Å². The van der Waals surface area contributed by atoms with Crippen LogP contribution in [0.4, 0.5) is 0 Å². The van der Waals surface area contributed by atoms with Gasteiger partial charge in [-0.3, -0.25) is 4.79 Å². The highest BCUT2D eigenvalue weighted by Crippen LogP contribution is 2.37. The Morgan fingerprint density at radius 2 is 1.41 bits per heavy atom. The second kappa shape index (κ2) is 7.32. The molecule has 4 rings (SSSR count). The lowest BCUT2D eigenvalue weighted by Crippen LogP contribution is -2.41. The molecule has 0 radical (unpaired) electrons. The lowest BCUT2D eigenvalue weighted by Gasteiger charge is -2.32. The molecule has 1 aliphatic rings. The molecule has 0 spiro atoms. The molecule has 0 saturated carbocycles. The summed E-state index contributed by atoms with van der Waals surface area (Å²) in [4.78, 5) is 12.9. The fourth-order valence-corrected chi connectivity index (χ4v) is 3.57. The minimum Gasteiger partial charge on any atom is -0.399 e. The maximum Gasteiger partial charge on any atom is 0.495 e. The van der Waals surface area contributed by atoms with Crippen LogP contribution in [0.25, 0.3) is 10.8 Å². The zero-order valence-corrected chi connectivity index (χ0v) is 17.4. The maximum absolute atomic E-state index is 12.9. The van der Waals surface area contributed by atoms with E-state index in [9.17, 15) is 4.79 Å². The standard InChI is InChI=1S/C24H26BNO3/c1-23(2)24(3,4)29-25(28-23)21-15-14-20(18-12-8-9-13-19(18)21)22(27)26-16-17-10-6-5-7-11-17/h5-15H,16H2,1-4H3,(H,26,27). The van der Waals surface area contributed by atoms with Gasteiger partial charge in [0.25, 0.3) is 5.91 Å². The van der Waals surface area contributed by atoms with E-state index in [1.165, 1.54) is 0 Å². The first-order valence-electron chi connectivity index (χ1n) is 9.98. The number of carbonyl (C=O) groups is 1. The number of amides is 1. The fraction of sp³-hybridized carbons (Fsp3) is 0.292. The zero-order valence-electron chi connectivity index (χ0n) is 17.4. The number of rotatable bonds is 4. The molecule has 148 valence electrons.